The predicted octanol–water partition coefficient (Wildman–Crippen LogP) is 4.07. The predicted molar refractivity (Wildman–Crippen MR) is 207 cm³/mol. The molecule has 0 unspecified atom stereocenters. The summed E-state index contributed by atoms with van der Waals surface area (Å²) in [5.41, 5.74) is 1.09. The summed E-state index contributed by atoms with van der Waals surface area (Å²) in [5, 5.41) is 14.7. The van der Waals surface area contributed by atoms with Gasteiger partial charge < -0.3 is 40.2 Å². The molecule has 5 rings (SSSR count). The third kappa shape index (κ3) is 10.2. The van der Waals surface area contributed by atoms with Gasteiger partial charge in [-0.25, -0.2) is 4.79 Å². The van der Waals surface area contributed by atoms with E-state index < -0.39 is 52.8 Å². The average Bonchev–Trinajstić information content (AvgIpc) is 3.52. The number of halogens is 1. The van der Waals surface area contributed by atoms with Crippen molar-refractivity contribution in [1.82, 2.24) is 25.3 Å². The van der Waals surface area contributed by atoms with Crippen molar-refractivity contribution in [3.8, 4) is 11.5 Å². The van der Waals surface area contributed by atoms with Crippen molar-refractivity contribution in [3.05, 3.63) is 133 Å². The van der Waals surface area contributed by atoms with Gasteiger partial charge in [0, 0.05) is 23.1 Å². The Bertz CT molecular complexity index is 2380. The average molecular weight is 784 g/mol. The summed E-state index contributed by atoms with van der Waals surface area (Å²) in [5.74, 6) is -2.45. The fourth-order valence-corrected chi connectivity index (χ4v) is 5.62. The second-order valence-electron chi connectivity index (χ2n) is 13.4. The van der Waals surface area contributed by atoms with E-state index in [-0.39, 0.29) is 35.9 Å². The molecule has 5 N–H and O–H groups in total. The van der Waals surface area contributed by atoms with Crippen LogP contribution >= 0.6 is 0 Å². The number of hydrogen-bond acceptors (Lipinski definition) is 10. The van der Waals surface area contributed by atoms with Crippen LogP contribution in [0.5, 0.6) is 11.5 Å². The van der Waals surface area contributed by atoms with Crippen LogP contribution in [-0.4, -0.2) is 57.5 Å². The highest BCUT2D eigenvalue weighted by Crippen LogP contribution is 2.27. The van der Waals surface area contributed by atoms with Gasteiger partial charge >= 0.3 is 5.69 Å². The summed E-state index contributed by atoms with van der Waals surface area (Å²) in [6.45, 7) is 8.42. The first kappa shape index (κ1) is 41.1. The van der Waals surface area contributed by atoms with E-state index in [0.717, 1.165) is 5.56 Å². The van der Waals surface area contributed by atoms with Crippen molar-refractivity contribution in [2.24, 2.45) is 5.92 Å². The van der Waals surface area contributed by atoms with Crippen LogP contribution in [0.3, 0.4) is 0 Å². The summed E-state index contributed by atoms with van der Waals surface area (Å²) in [6, 6.07) is 15.1. The largest absolute Gasteiger partial charge is 0.497 e. The number of nitrogens with one attached hydrogen (secondary N) is 5. The molecule has 0 saturated heterocycles. The highest BCUT2D eigenvalue weighted by Gasteiger charge is 2.28. The summed E-state index contributed by atoms with van der Waals surface area (Å²) in [6.07, 6.45) is 0.696. The smallest absolute Gasteiger partial charge is 0.328 e. The maximum atomic E-state index is 13.6. The molecule has 2 aromatic heterocycles. The Balaban J connectivity index is 1.19. The van der Waals surface area contributed by atoms with E-state index in [1.54, 1.807) is 64.1 Å². The lowest BCUT2D eigenvalue weighted by molar-refractivity contribution is -0.128. The monoisotopic (exact) mass is 783 g/mol. The molecule has 0 aliphatic heterocycles. The van der Waals surface area contributed by atoms with E-state index in [0.29, 0.717) is 44.9 Å². The number of anilines is 2. The Labute approximate surface area is 325 Å². The van der Waals surface area contributed by atoms with E-state index in [2.05, 4.69) is 31.4 Å². The number of H-pyrrole nitrogens is 1. The van der Waals surface area contributed by atoms with Crippen LogP contribution < -0.4 is 42.0 Å². The number of benzene rings is 3. The lowest BCUT2D eigenvalue weighted by Gasteiger charge is -2.24. The molecule has 0 aliphatic carbocycles. The Morgan fingerprint density at radius 1 is 0.895 bits per heavy atom. The third-order valence-electron chi connectivity index (χ3n) is 8.93. The topological polar surface area (TPSA) is 216 Å². The third-order valence-corrected chi connectivity index (χ3v) is 8.93. The van der Waals surface area contributed by atoms with Crippen LogP contribution in [0.25, 0.3) is 0 Å². The SMILES string of the molecule is COc1ccc(OCc2c(C)noc2C)c(C(=O)Nc2cccc(C(=O)N[C@H](C(=O)N[C@@H](C)C(=O)Nc3ccc(Cn4c(=O)[nH]cc(F)c4=O)cc3)C(C)C)c2)c1. The molecule has 2 atom stereocenters. The van der Waals surface area contributed by atoms with Crippen molar-refractivity contribution in [3.63, 3.8) is 0 Å². The van der Waals surface area contributed by atoms with Crippen LogP contribution in [0, 0.1) is 25.6 Å². The normalized spacial score (nSPS) is 12.0. The van der Waals surface area contributed by atoms with Gasteiger partial charge in [-0.3, -0.25) is 28.5 Å². The van der Waals surface area contributed by atoms with Gasteiger partial charge in [-0.1, -0.05) is 37.2 Å². The van der Waals surface area contributed by atoms with Gasteiger partial charge in [-0.15, -0.1) is 0 Å². The number of aryl methyl sites for hydroxylation is 2. The number of nitrogens with zero attached hydrogens (tertiary/aromatic N) is 2. The number of rotatable bonds is 15. The quantitative estimate of drug-likeness (QED) is 0.103. The van der Waals surface area contributed by atoms with Crippen LogP contribution in [-0.2, 0) is 22.7 Å². The molecule has 16 nitrogen and oxygen atoms in total. The summed E-state index contributed by atoms with van der Waals surface area (Å²) < 4.78 is 30.9. The number of hydrogen-bond donors (Lipinski definition) is 5. The Morgan fingerprint density at radius 3 is 2.30 bits per heavy atom. The molecule has 57 heavy (non-hydrogen) atoms. The van der Waals surface area contributed by atoms with Crippen molar-refractivity contribution >= 4 is 35.0 Å². The number of methoxy groups -OCH3 is 1. The number of carbonyl (C=O) groups excluding carboxylic acids is 4. The van der Waals surface area contributed by atoms with E-state index in [9.17, 15) is 33.2 Å². The van der Waals surface area contributed by atoms with E-state index in [1.807, 2.05) is 0 Å². The number of aromatic amines is 1. The van der Waals surface area contributed by atoms with Gasteiger partial charge in [0.25, 0.3) is 17.4 Å². The van der Waals surface area contributed by atoms with Gasteiger partial charge in [-0.2, -0.15) is 4.39 Å². The van der Waals surface area contributed by atoms with Crippen LogP contribution in [0.2, 0.25) is 0 Å². The maximum absolute atomic E-state index is 13.6. The van der Waals surface area contributed by atoms with Gasteiger partial charge in [-0.05, 0) is 80.8 Å². The van der Waals surface area contributed by atoms with Gasteiger partial charge in [0.15, 0.2) is 0 Å². The minimum absolute atomic E-state index is 0.113. The molecule has 5 aromatic rings. The van der Waals surface area contributed by atoms with Crippen LogP contribution in [0.15, 0.2) is 87.0 Å². The van der Waals surface area contributed by atoms with Crippen LogP contribution in [0.4, 0.5) is 15.8 Å². The van der Waals surface area contributed by atoms with Gasteiger partial charge in [0.05, 0.1) is 30.5 Å². The number of carbonyl (C=O) groups is 4. The minimum atomic E-state index is -1.10. The second kappa shape index (κ2) is 18.1. The highest BCUT2D eigenvalue weighted by atomic mass is 19.1. The highest BCUT2D eigenvalue weighted by molar-refractivity contribution is 6.07. The standard InChI is InChI=1S/C40H42FN7O9/c1-21(2)34(38(52)43-23(4)35(49)44-27-12-10-25(11-13-27)19-48-39(53)32(41)18-42-40(48)54)46-36(50)26-8-7-9-28(16-26)45-37(51)30-17-29(55-6)14-15-33(30)56-20-31-22(3)47-57-24(31)5/h7-18,21,23,34H,19-20H2,1-6H3,(H,42,54)(H,43,52)(H,44,49)(H,45,51)(H,46,50)/t23-,34-/m0/s1. The molecule has 2 heterocycles. The first-order valence-electron chi connectivity index (χ1n) is 17.8. The molecular formula is C40H42FN7O9. The fraction of sp³-hybridized carbons (Fsp3) is 0.275. The number of amides is 4. The van der Waals surface area contributed by atoms with E-state index in [1.165, 1.54) is 44.4 Å². The molecule has 4 amide bonds. The van der Waals surface area contributed by atoms with Gasteiger partial charge in [0.1, 0.15) is 35.9 Å². The molecular weight excluding hydrogens is 741 g/mol. The fourth-order valence-electron chi connectivity index (χ4n) is 5.62. The van der Waals surface area contributed by atoms with Crippen molar-refractivity contribution in [1.29, 1.82) is 0 Å². The Morgan fingerprint density at radius 2 is 1.63 bits per heavy atom. The van der Waals surface area contributed by atoms with Crippen molar-refractivity contribution in [2.75, 3.05) is 17.7 Å². The lowest BCUT2D eigenvalue weighted by atomic mass is 10.0. The molecule has 0 bridgehead atoms. The van der Waals surface area contributed by atoms with E-state index in [4.69, 9.17) is 14.0 Å². The minimum Gasteiger partial charge on any atom is -0.497 e. The van der Waals surface area contributed by atoms with E-state index >= 15 is 0 Å². The summed E-state index contributed by atoms with van der Waals surface area (Å²) in [4.78, 5) is 79.4. The van der Waals surface area contributed by atoms with Gasteiger partial charge in [0.2, 0.25) is 17.6 Å². The second-order valence-corrected chi connectivity index (χ2v) is 13.4. The molecule has 298 valence electrons. The Hall–Kier alpha value is -7.04. The zero-order chi connectivity index (χ0) is 41.4. The van der Waals surface area contributed by atoms with Crippen molar-refractivity contribution in [2.45, 2.75) is 59.9 Å². The number of ether oxygens (including phenoxy) is 2. The number of aromatic nitrogens is 3. The molecule has 17 heteroatoms. The zero-order valence-corrected chi connectivity index (χ0v) is 32.0. The molecule has 0 aliphatic rings. The first-order chi connectivity index (χ1) is 27.1. The Kier molecular flexibility index (Phi) is 13.0. The summed E-state index contributed by atoms with van der Waals surface area (Å²) >= 11 is 0. The lowest BCUT2D eigenvalue weighted by Crippen LogP contribution is -2.53. The first-order valence-corrected chi connectivity index (χ1v) is 17.8. The molecule has 0 radical (unpaired) electrons. The molecule has 3 aromatic carbocycles. The van der Waals surface area contributed by atoms with Crippen LogP contribution in [0.1, 0.15) is 64.1 Å². The van der Waals surface area contributed by atoms with Crippen molar-refractivity contribution < 1.29 is 37.6 Å². The summed E-state index contributed by atoms with van der Waals surface area (Å²) in [7, 11) is 1.47. The molecule has 0 saturated carbocycles. The molecule has 0 spiro atoms. The maximum Gasteiger partial charge on any atom is 0.328 e. The zero-order valence-electron chi connectivity index (χ0n) is 32.0. The molecule has 0 fully saturated rings.